The molecule has 33 heavy (non-hydrogen) atoms. The van der Waals surface area contributed by atoms with Gasteiger partial charge in [-0.3, -0.25) is 14.9 Å². The minimum Gasteiger partial charge on any atom is -0.363 e. The van der Waals surface area contributed by atoms with Gasteiger partial charge >= 0.3 is 6.03 Å². The maximum absolute atomic E-state index is 13.3. The standard InChI is InChI=1S/C27H29N3O3/c1-7-29-23-12-17(3)19(13-20(23)18(4)15-27(29,5)6)14-21-24(31)28-26(33)30(25(21)32)22-11-9-8-10-16(22)2/h8-15H,7H2,1-6H3,(H,28,31,33)/b21-14-. The molecule has 1 fully saturated rings. The van der Waals surface area contributed by atoms with Crippen molar-refractivity contribution in [2.45, 2.75) is 47.1 Å². The largest absolute Gasteiger partial charge is 0.363 e. The van der Waals surface area contributed by atoms with E-state index in [1.165, 1.54) is 0 Å². The van der Waals surface area contributed by atoms with Crippen LogP contribution in [0, 0.1) is 13.8 Å². The van der Waals surface area contributed by atoms with Crippen LogP contribution < -0.4 is 15.1 Å². The molecule has 1 N–H and O–H groups in total. The summed E-state index contributed by atoms with van der Waals surface area (Å²) in [5.74, 6) is -1.31. The summed E-state index contributed by atoms with van der Waals surface area (Å²) in [6.45, 7) is 13.2. The molecule has 4 rings (SSSR count). The second-order valence-electron chi connectivity index (χ2n) is 9.20. The Morgan fingerprint density at radius 2 is 1.67 bits per heavy atom. The van der Waals surface area contributed by atoms with E-state index in [1.54, 1.807) is 18.2 Å². The summed E-state index contributed by atoms with van der Waals surface area (Å²) in [5, 5.41) is 2.31. The quantitative estimate of drug-likeness (QED) is 0.536. The SMILES string of the molecule is CCN1c2cc(C)c(/C=C3/C(=O)NC(=O)N(c4ccccc4C)C3=O)cc2C(C)=CC1(C)C. The second kappa shape index (κ2) is 8.03. The molecule has 0 unspecified atom stereocenters. The number of hydrogen-bond donors (Lipinski definition) is 1. The fourth-order valence-electron chi connectivity index (χ4n) is 4.82. The fourth-order valence-corrected chi connectivity index (χ4v) is 4.82. The number of carbonyl (C=O) groups excluding carboxylic acids is 3. The Bertz CT molecular complexity index is 1250. The topological polar surface area (TPSA) is 69.7 Å². The number of aryl methyl sites for hydroxylation is 2. The highest BCUT2D eigenvalue weighted by Crippen LogP contribution is 2.40. The van der Waals surface area contributed by atoms with E-state index in [0.29, 0.717) is 5.69 Å². The van der Waals surface area contributed by atoms with Gasteiger partial charge in [0.2, 0.25) is 0 Å². The molecule has 0 spiro atoms. The Balaban J connectivity index is 1.81. The Morgan fingerprint density at radius 3 is 2.33 bits per heavy atom. The van der Waals surface area contributed by atoms with Gasteiger partial charge < -0.3 is 4.90 Å². The smallest absolute Gasteiger partial charge is 0.335 e. The lowest BCUT2D eigenvalue weighted by Gasteiger charge is -2.43. The van der Waals surface area contributed by atoms with E-state index in [9.17, 15) is 14.4 Å². The van der Waals surface area contributed by atoms with Crippen LogP contribution in [0.5, 0.6) is 0 Å². The summed E-state index contributed by atoms with van der Waals surface area (Å²) in [6.07, 6.45) is 3.83. The summed E-state index contributed by atoms with van der Waals surface area (Å²) < 4.78 is 0. The Labute approximate surface area is 194 Å². The molecule has 6 heteroatoms. The number of allylic oxidation sites excluding steroid dienone is 1. The molecule has 0 bridgehead atoms. The van der Waals surface area contributed by atoms with Crippen molar-refractivity contribution in [1.82, 2.24) is 5.32 Å². The number of fused-ring (bicyclic) bond motifs is 1. The first-order valence-corrected chi connectivity index (χ1v) is 11.1. The number of amides is 4. The van der Waals surface area contributed by atoms with Gasteiger partial charge in [-0.05, 0) is 88.1 Å². The minimum absolute atomic E-state index is 0.0639. The van der Waals surface area contributed by atoms with Gasteiger partial charge in [-0.25, -0.2) is 9.69 Å². The van der Waals surface area contributed by atoms with Gasteiger partial charge in [-0.1, -0.05) is 24.3 Å². The van der Waals surface area contributed by atoms with Crippen molar-refractivity contribution in [2.75, 3.05) is 16.3 Å². The van der Waals surface area contributed by atoms with E-state index >= 15 is 0 Å². The van der Waals surface area contributed by atoms with Gasteiger partial charge in [-0.15, -0.1) is 0 Å². The number of nitrogens with zero attached hydrogens (tertiary/aromatic N) is 2. The van der Waals surface area contributed by atoms with Gasteiger partial charge in [0.1, 0.15) is 5.57 Å². The molecule has 4 amide bonds. The van der Waals surface area contributed by atoms with Gasteiger partial charge in [-0.2, -0.15) is 0 Å². The zero-order valence-electron chi connectivity index (χ0n) is 19.9. The zero-order chi connectivity index (χ0) is 24.1. The monoisotopic (exact) mass is 443 g/mol. The van der Waals surface area contributed by atoms with Crippen molar-refractivity contribution in [3.05, 3.63) is 70.3 Å². The molecule has 170 valence electrons. The predicted molar refractivity (Wildman–Crippen MR) is 132 cm³/mol. The Hall–Kier alpha value is -3.67. The second-order valence-corrected chi connectivity index (χ2v) is 9.20. The minimum atomic E-state index is -0.738. The number of urea groups is 1. The number of imide groups is 2. The van der Waals surface area contributed by atoms with Crippen molar-refractivity contribution in [3.63, 3.8) is 0 Å². The average molecular weight is 444 g/mol. The zero-order valence-corrected chi connectivity index (χ0v) is 19.9. The fraction of sp³-hybridized carbons (Fsp3) is 0.296. The van der Waals surface area contributed by atoms with E-state index in [1.807, 2.05) is 32.0 Å². The molecule has 0 saturated carbocycles. The van der Waals surface area contributed by atoms with E-state index in [-0.39, 0.29) is 11.1 Å². The van der Waals surface area contributed by atoms with Gasteiger partial charge in [0.05, 0.1) is 11.2 Å². The van der Waals surface area contributed by atoms with Gasteiger partial charge in [0.25, 0.3) is 11.8 Å². The number of anilines is 2. The average Bonchev–Trinajstić information content (AvgIpc) is 2.72. The van der Waals surface area contributed by atoms with Crippen LogP contribution in [-0.4, -0.2) is 29.9 Å². The molecule has 2 aromatic carbocycles. The van der Waals surface area contributed by atoms with E-state index in [4.69, 9.17) is 0 Å². The normalized spacial score (nSPS) is 18.9. The molecule has 1 saturated heterocycles. The van der Waals surface area contributed by atoms with Gasteiger partial charge in [0, 0.05) is 17.8 Å². The third-order valence-electron chi connectivity index (χ3n) is 6.44. The van der Waals surface area contributed by atoms with Crippen LogP contribution in [0.25, 0.3) is 11.6 Å². The van der Waals surface area contributed by atoms with Gasteiger partial charge in [0.15, 0.2) is 0 Å². The van der Waals surface area contributed by atoms with Crippen LogP contribution in [0.15, 0.2) is 48.0 Å². The van der Waals surface area contributed by atoms with Crippen molar-refractivity contribution >= 4 is 40.9 Å². The molecular formula is C27H29N3O3. The van der Waals surface area contributed by atoms with Crippen LogP contribution in [0.2, 0.25) is 0 Å². The third kappa shape index (κ3) is 3.75. The summed E-state index contributed by atoms with van der Waals surface area (Å²) >= 11 is 0. The molecule has 0 aliphatic carbocycles. The first-order valence-electron chi connectivity index (χ1n) is 11.1. The summed E-state index contributed by atoms with van der Waals surface area (Å²) in [4.78, 5) is 41.9. The summed E-state index contributed by atoms with van der Waals surface area (Å²) in [7, 11) is 0. The van der Waals surface area contributed by atoms with Crippen LogP contribution in [0.4, 0.5) is 16.2 Å². The van der Waals surface area contributed by atoms with Crippen LogP contribution in [0.1, 0.15) is 49.9 Å². The van der Waals surface area contributed by atoms with E-state index in [0.717, 1.165) is 45.0 Å². The molecule has 0 atom stereocenters. The molecule has 6 nitrogen and oxygen atoms in total. The highest BCUT2D eigenvalue weighted by molar-refractivity contribution is 6.39. The highest BCUT2D eigenvalue weighted by atomic mass is 16.2. The lowest BCUT2D eigenvalue weighted by Crippen LogP contribution is -2.54. The number of rotatable bonds is 3. The van der Waals surface area contributed by atoms with Crippen LogP contribution in [-0.2, 0) is 9.59 Å². The lowest BCUT2D eigenvalue weighted by atomic mass is 9.86. The third-order valence-corrected chi connectivity index (χ3v) is 6.44. The molecular weight excluding hydrogens is 414 g/mol. The molecule has 2 aliphatic rings. The molecule has 2 aromatic rings. The van der Waals surface area contributed by atoms with E-state index < -0.39 is 17.8 Å². The van der Waals surface area contributed by atoms with Crippen LogP contribution >= 0.6 is 0 Å². The number of benzene rings is 2. The van der Waals surface area contributed by atoms with Crippen molar-refractivity contribution in [2.24, 2.45) is 0 Å². The van der Waals surface area contributed by atoms with Crippen LogP contribution in [0.3, 0.4) is 0 Å². The number of likely N-dealkylation sites (N-methyl/N-ethyl adjacent to an activating group) is 1. The Morgan fingerprint density at radius 1 is 0.970 bits per heavy atom. The number of para-hydroxylation sites is 1. The first kappa shape index (κ1) is 22.5. The molecule has 2 aliphatic heterocycles. The Kier molecular flexibility index (Phi) is 5.48. The lowest BCUT2D eigenvalue weighted by molar-refractivity contribution is -0.122. The summed E-state index contributed by atoms with van der Waals surface area (Å²) in [6, 6.07) is 10.5. The molecule has 2 heterocycles. The number of carbonyl (C=O) groups is 3. The highest BCUT2D eigenvalue weighted by Gasteiger charge is 2.37. The van der Waals surface area contributed by atoms with Crippen molar-refractivity contribution in [1.29, 1.82) is 0 Å². The maximum atomic E-state index is 13.3. The van der Waals surface area contributed by atoms with Crippen molar-refractivity contribution in [3.8, 4) is 0 Å². The molecule has 0 radical (unpaired) electrons. The maximum Gasteiger partial charge on any atom is 0.335 e. The predicted octanol–water partition coefficient (Wildman–Crippen LogP) is 4.99. The summed E-state index contributed by atoms with van der Waals surface area (Å²) in [5.41, 5.74) is 6.14. The number of hydrogen-bond acceptors (Lipinski definition) is 4. The molecule has 0 aromatic heterocycles. The first-order chi connectivity index (χ1) is 15.5. The van der Waals surface area contributed by atoms with Crippen molar-refractivity contribution < 1.29 is 14.4 Å². The number of barbiturate groups is 1. The van der Waals surface area contributed by atoms with E-state index in [2.05, 4.69) is 50.1 Å². The number of nitrogens with one attached hydrogen (secondary N) is 1.